The van der Waals surface area contributed by atoms with Crippen LogP contribution in [-0.4, -0.2) is 9.55 Å². The van der Waals surface area contributed by atoms with Crippen molar-refractivity contribution in [2.24, 2.45) is 0 Å². The summed E-state index contributed by atoms with van der Waals surface area (Å²) in [7, 11) is 0. The van der Waals surface area contributed by atoms with Crippen LogP contribution >= 0.6 is 0 Å². The van der Waals surface area contributed by atoms with Crippen LogP contribution in [0.1, 0.15) is 24.7 Å². The van der Waals surface area contributed by atoms with E-state index in [-0.39, 0.29) is 0 Å². The Morgan fingerprint density at radius 2 is 2.00 bits per heavy atom. The number of hydrogen-bond donors (Lipinski definition) is 0. The van der Waals surface area contributed by atoms with E-state index >= 15 is 0 Å². The van der Waals surface area contributed by atoms with E-state index in [1.165, 1.54) is 5.56 Å². The number of hydrogen-bond acceptors (Lipinski definition) is 1. The average Bonchev–Trinajstić information content (AvgIpc) is 2.81. The SMILES string of the molecule is C=C/C=C\n1cc(-c2ccc(C)cc2)nc1CCC. The molecule has 0 aliphatic carbocycles. The lowest BCUT2D eigenvalue weighted by atomic mass is 10.1. The highest BCUT2D eigenvalue weighted by Gasteiger charge is 2.07. The summed E-state index contributed by atoms with van der Waals surface area (Å²) in [5.41, 5.74) is 3.45. The van der Waals surface area contributed by atoms with Gasteiger partial charge in [0, 0.05) is 24.4 Å². The van der Waals surface area contributed by atoms with Gasteiger partial charge in [-0.25, -0.2) is 4.98 Å². The summed E-state index contributed by atoms with van der Waals surface area (Å²) in [4.78, 5) is 4.73. The van der Waals surface area contributed by atoms with E-state index in [0.717, 1.165) is 29.9 Å². The summed E-state index contributed by atoms with van der Waals surface area (Å²) < 4.78 is 2.08. The van der Waals surface area contributed by atoms with E-state index in [9.17, 15) is 0 Å². The van der Waals surface area contributed by atoms with Crippen LogP contribution < -0.4 is 0 Å². The topological polar surface area (TPSA) is 17.8 Å². The molecule has 1 aromatic heterocycles. The van der Waals surface area contributed by atoms with E-state index in [1.54, 1.807) is 6.08 Å². The van der Waals surface area contributed by atoms with Gasteiger partial charge in [0.2, 0.25) is 0 Å². The van der Waals surface area contributed by atoms with Crippen LogP contribution in [0.4, 0.5) is 0 Å². The molecule has 0 atom stereocenters. The lowest BCUT2D eigenvalue weighted by Gasteiger charge is -1.98. The molecule has 19 heavy (non-hydrogen) atoms. The zero-order valence-electron chi connectivity index (χ0n) is 11.6. The molecule has 0 aliphatic heterocycles. The molecular weight excluding hydrogens is 232 g/mol. The van der Waals surface area contributed by atoms with E-state index < -0.39 is 0 Å². The molecule has 0 unspecified atom stereocenters. The van der Waals surface area contributed by atoms with Gasteiger partial charge in [0.1, 0.15) is 5.82 Å². The van der Waals surface area contributed by atoms with Gasteiger partial charge in [0.15, 0.2) is 0 Å². The Hall–Kier alpha value is -2.09. The predicted octanol–water partition coefficient (Wildman–Crippen LogP) is 4.47. The first-order valence-electron chi connectivity index (χ1n) is 6.68. The van der Waals surface area contributed by atoms with Crippen molar-refractivity contribution >= 4 is 6.20 Å². The number of aryl methyl sites for hydroxylation is 2. The molecule has 0 bridgehead atoms. The maximum Gasteiger partial charge on any atom is 0.113 e. The van der Waals surface area contributed by atoms with Crippen molar-refractivity contribution in [3.05, 3.63) is 60.6 Å². The van der Waals surface area contributed by atoms with Gasteiger partial charge in [-0.05, 0) is 19.4 Å². The Labute approximate surface area is 115 Å². The van der Waals surface area contributed by atoms with Gasteiger partial charge >= 0.3 is 0 Å². The second-order valence-electron chi connectivity index (χ2n) is 4.64. The smallest absolute Gasteiger partial charge is 0.113 e. The molecule has 0 saturated carbocycles. The Morgan fingerprint density at radius 1 is 1.26 bits per heavy atom. The van der Waals surface area contributed by atoms with E-state index in [2.05, 4.69) is 55.5 Å². The van der Waals surface area contributed by atoms with Gasteiger partial charge in [0.25, 0.3) is 0 Å². The van der Waals surface area contributed by atoms with Crippen molar-refractivity contribution in [1.29, 1.82) is 0 Å². The van der Waals surface area contributed by atoms with Crippen LogP contribution in [0.5, 0.6) is 0 Å². The molecule has 1 aromatic carbocycles. The molecule has 0 radical (unpaired) electrons. The van der Waals surface area contributed by atoms with E-state index in [4.69, 9.17) is 4.98 Å². The second kappa shape index (κ2) is 6.19. The molecular formula is C17H20N2. The fraction of sp³-hybridized carbons (Fsp3) is 0.235. The summed E-state index contributed by atoms with van der Waals surface area (Å²) >= 11 is 0. The molecule has 1 heterocycles. The maximum absolute atomic E-state index is 4.73. The maximum atomic E-state index is 4.73. The molecule has 2 heteroatoms. The number of aromatic nitrogens is 2. The van der Waals surface area contributed by atoms with Crippen molar-refractivity contribution in [3.63, 3.8) is 0 Å². The first-order chi connectivity index (χ1) is 9.24. The van der Waals surface area contributed by atoms with Crippen LogP contribution in [-0.2, 0) is 6.42 Å². The van der Waals surface area contributed by atoms with Crippen molar-refractivity contribution in [2.45, 2.75) is 26.7 Å². The molecule has 0 spiro atoms. The monoisotopic (exact) mass is 252 g/mol. The number of nitrogens with zero attached hydrogens (tertiary/aromatic N) is 2. The molecule has 0 amide bonds. The van der Waals surface area contributed by atoms with Crippen LogP contribution in [0.15, 0.2) is 49.2 Å². The van der Waals surface area contributed by atoms with Gasteiger partial charge in [-0.15, -0.1) is 0 Å². The molecule has 2 nitrogen and oxygen atoms in total. The third-order valence-electron chi connectivity index (χ3n) is 3.01. The second-order valence-corrected chi connectivity index (χ2v) is 4.64. The summed E-state index contributed by atoms with van der Waals surface area (Å²) in [5.74, 6) is 1.09. The Morgan fingerprint density at radius 3 is 2.63 bits per heavy atom. The van der Waals surface area contributed by atoms with Crippen LogP contribution in [0.3, 0.4) is 0 Å². The van der Waals surface area contributed by atoms with Gasteiger partial charge < -0.3 is 4.57 Å². The predicted molar refractivity (Wildman–Crippen MR) is 81.9 cm³/mol. The summed E-state index contributed by atoms with van der Waals surface area (Å²) in [6.45, 7) is 7.97. The first-order valence-corrected chi connectivity index (χ1v) is 6.68. The summed E-state index contributed by atoms with van der Waals surface area (Å²) in [5, 5.41) is 0. The number of imidazole rings is 1. The minimum Gasteiger partial charge on any atom is -0.310 e. The van der Waals surface area contributed by atoms with Crippen LogP contribution in [0.25, 0.3) is 17.5 Å². The molecule has 0 aliphatic rings. The summed E-state index contributed by atoms with van der Waals surface area (Å²) in [6, 6.07) is 8.48. The average molecular weight is 252 g/mol. The Balaban J connectivity index is 2.38. The highest BCUT2D eigenvalue weighted by atomic mass is 15.1. The third kappa shape index (κ3) is 3.22. The van der Waals surface area contributed by atoms with Crippen molar-refractivity contribution in [3.8, 4) is 11.3 Å². The number of rotatable bonds is 5. The molecule has 2 rings (SSSR count). The molecule has 0 saturated heterocycles. The fourth-order valence-corrected chi connectivity index (χ4v) is 1.99. The largest absolute Gasteiger partial charge is 0.310 e. The minimum absolute atomic E-state index is 0.980. The molecule has 98 valence electrons. The standard InChI is InChI=1S/C17H20N2/c1-4-6-12-19-13-16(18-17(19)7-5-2)15-10-8-14(3)9-11-15/h4,6,8-13H,1,5,7H2,2-3H3/b12-6-. The van der Waals surface area contributed by atoms with Gasteiger partial charge in [0.05, 0.1) is 5.69 Å². The molecule has 2 aromatic rings. The van der Waals surface area contributed by atoms with Crippen molar-refractivity contribution in [2.75, 3.05) is 0 Å². The van der Waals surface area contributed by atoms with Crippen molar-refractivity contribution in [1.82, 2.24) is 9.55 Å². The molecule has 0 fully saturated rings. The normalized spacial score (nSPS) is 11.1. The zero-order valence-corrected chi connectivity index (χ0v) is 11.6. The van der Waals surface area contributed by atoms with Gasteiger partial charge in [-0.1, -0.05) is 49.4 Å². The first kappa shape index (κ1) is 13.3. The van der Waals surface area contributed by atoms with Gasteiger partial charge in [-0.2, -0.15) is 0 Å². The lowest BCUT2D eigenvalue weighted by Crippen LogP contribution is -1.94. The highest BCUT2D eigenvalue weighted by Crippen LogP contribution is 2.20. The highest BCUT2D eigenvalue weighted by molar-refractivity contribution is 5.60. The minimum atomic E-state index is 0.980. The molecule has 0 N–H and O–H groups in total. The lowest BCUT2D eigenvalue weighted by molar-refractivity contribution is 0.825. The quantitative estimate of drug-likeness (QED) is 0.718. The third-order valence-corrected chi connectivity index (χ3v) is 3.01. The Kier molecular flexibility index (Phi) is 4.35. The van der Waals surface area contributed by atoms with Crippen LogP contribution in [0, 0.1) is 6.92 Å². The zero-order chi connectivity index (χ0) is 13.7. The van der Waals surface area contributed by atoms with E-state index in [1.807, 2.05) is 12.3 Å². The number of benzene rings is 1. The Bertz CT molecular complexity index is 574. The number of allylic oxidation sites excluding steroid dienone is 2. The van der Waals surface area contributed by atoms with E-state index in [0.29, 0.717) is 0 Å². The summed E-state index contributed by atoms with van der Waals surface area (Å²) in [6.07, 6.45) is 9.86. The van der Waals surface area contributed by atoms with Crippen molar-refractivity contribution < 1.29 is 0 Å². The van der Waals surface area contributed by atoms with Gasteiger partial charge in [-0.3, -0.25) is 0 Å². The fourth-order valence-electron chi connectivity index (χ4n) is 1.99. The van der Waals surface area contributed by atoms with Crippen LogP contribution in [0.2, 0.25) is 0 Å².